The number of nitrogens with zero attached hydrogens (tertiary/aromatic N) is 2. The maximum atomic E-state index is 13.4. The third-order valence-corrected chi connectivity index (χ3v) is 8.41. The molecule has 0 bridgehead atoms. The van der Waals surface area contributed by atoms with Crippen LogP contribution in [0, 0.1) is 12.7 Å². The summed E-state index contributed by atoms with van der Waals surface area (Å²) in [6, 6.07) is 15.1. The van der Waals surface area contributed by atoms with Gasteiger partial charge in [-0.1, -0.05) is 6.07 Å². The number of hydrogen-bond donors (Lipinski definition) is 1. The van der Waals surface area contributed by atoms with Crippen LogP contribution in [-0.2, 0) is 16.6 Å². The Labute approximate surface area is 200 Å². The molecular formula is C25H20FN3O3S2. The van der Waals surface area contributed by atoms with Crippen LogP contribution in [0.5, 0.6) is 0 Å². The number of pyridine rings is 1. The lowest BCUT2D eigenvalue weighted by Gasteiger charge is -2.11. The first-order valence-corrected chi connectivity index (χ1v) is 12.7. The van der Waals surface area contributed by atoms with Gasteiger partial charge in [-0.05, 0) is 72.1 Å². The first-order chi connectivity index (χ1) is 16.2. The number of aromatic nitrogens is 1. The first-order valence-electron chi connectivity index (χ1n) is 10.4. The van der Waals surface area contributed by atoms with Gasteiger partial charge in [0.1, 0.15) is 5.82 Å². The third-order valence-electron chi connectivity index (χ3n) is 5.68. The van der Waals surface area contributed by atoms with E-state index < -0.39 is 15.8 Å². The van der Waals surface area contributed by atoms with Gasteiger partial charge in [0.15, 0.2) is 0 Å². The zero-order valence-electron chi connectivity index (χ0n) is 18.4. The van der Waals surface area contributed by atoms with Crippen LogP contribution in [-0.4, -0.2) is 31.3 Å². The Hall–Kier alpha value is -3.56. The molecule has 3 heterocycles. The molecular weight excluding hydrogens is 473 g/mol. The molecule has 1 N–H and O–H groups in total. The highest BCUT2D eigenvalue weighted by Crippen LogP contribution is 2.37. The molecule has 0 radical (unpaired) electrons. The van der Waals surface area contributed by atoms with Crippen molar-refractivity contribution in [1.29, 1.82) is 0 Å². The largest absolute Gasteiger partial charge is 0.337 e. The molecule has 0 saturated carbocycles. The number of hydrogen-bond acceptors (Lipinski definition) is 5. The van der Waals surface area contributed by atoms with Gasteiger partial charge in [0, 0.05) is 40.7 Å². The average molecular weight is 494 g/mol. The average Bonchev–Trinajstić information content (AvgIpc) is 3.38. The van der Waals surface area contributed by atoms with Gasteiger partial charge in [-0.15, -0.1) is 11.3 Å². The number of aryl methyl sites for hydroxylation is 1. The van der Waals surface area contributed by atoms with E-state index in [1.54, 1.807) is 42.5 Å². The minimum absolute atomic E-state index is 0.0125. The van der Waals surface area contributed by atoms with Gasteiger partial charge < -0.3 is 4.90 Å². The van der Waals surface area contributed by atoms with E-state index in [0.29, 0.717) is 17.8 Å². The van der Waals surface area contributed by atoms with Crippen molar-refractivity contribution in [2.24, 2.45) is 0 Å². The quantitative estimate of drug-likeness (QED) is 0.409. The smallest absolute Gasteiger partial charge is 0.262 e. The summed E-state index contributed by atoms with van der Waals surface area (Å²) < 4.78 is 41.6. The molecule has 1 aliphatic rings. The Balaban J connectivity index is 1.41. The number of sulfonamides is 1. The van der Waals surface area contributed by atoms with Gasteiger partial charge >= 0.3 is 0 Å². The number of benzene rings is 2. The van der Waals surface area contributed by atoms with E-state index in [2.05, 4.69) is 9.71 Å². The molecule has 2 aromatic carbocycles. The molecule has 9 heteroatoms. The number of carbonyl (C=O) groups is 1. The molecule has 34 heavy (non-hydrogen) atoms. The molecule has 0 unspecified atom stereocenters. The van der Waals surface area contributed by atoms with Gasteiger partial charge in [0.25, 0.3) is 15.9 Å². The van der Waals surface area contributed by atoms with Crippen LogP contribution < -0.4 is 4.72 Å². The number of thiophene rings is 1. The van der Waals surface area contributed by atoms with Crippen LogP contribution in [0.3, 0.4) is 0 Å². The highest BCUT2D eigenvalue weighted by atomic mass is 32.2. The predicted molar refractivity (Wildman–Crippen MR) is 131 cm³/mol. The molecule has 0 fully saturated rings. The van der Waals surface area contributed by atoms with E-state index in [1.165, 1.54) is 18.3 Å². The highest BCUT2D eigenvalue weighted by molar-refractivity contribution is 7.92. The third kappa shape index (κ3) is 4.08. The van der Waals surface area contributed by atoms with Crippen LogP contribution in [0.2, 0.25) is 0 Å². The van der Waals surface area contributed by atoms with Crippen molar-refractivity contribution in [3.63, 3.8) is 0 Å². The van der Waals surface area contributed by atoms with Crippen LogP contribution >= 0.6 is 11.3 Å². The van der Waals surface area contributed by atoms with E-state index in [4.69, 9.17) is 0 Å². The van der Waals surface area contributed by atoms with Gasteiger partial charge in [0.05, 0.1) is 16.8 Å². The Morgan fingerprint density at radius 1 is 1.00 bits per heavy atom. The Bertz CT molecular complexity index is 1550. The van der Waals surface area contributed by atoms with Crippen molar-refractivity contribution >= 4 is 33.0 Å². The minimum atomic E-state index is -3.90. The number of carbonyl (C=O) groups excluding carboxylic acids is 1. The minimum Gasteiger partial charge on any atom is -0.337 e. The molecule has 6 nitrogen and oxygen atoms in total. The van der Waals surface area contributed by atoms with Crippen molar-refractivity contribution in [3.05, 3.63) is 89.5 Å². The zero-order chi connectivity index (χ0) is 24.0. The maximum Gasteiger partial charge on any atom is 0.262 e. The number of amides is 1. The lowest BCUT2D eigenvalue weighted by molar-refractivity contribution is 0.0816. The maximum absolute atomic E-state index is 13.4. The topological polar surface area (TPSA) is 79.4 Å². The Morgan fingerprint density at radius 3 is 2.53 bits per heavy atom. The fraction of sp³-hybridized carbons (Fsp3) is 0.120. The second kappa shape index (κ2) is 8.34. The van der Waals surface area contributed by atoms with Gasteiger partial charge in [-0.3, -0.25) is 14.5 Å². The number of nitrogens with one attached hydrogen (secondary N) is 1. The standard InChI is InChI=1S/C25H20FN3O3S2/c1-15-9-19(26)4-8-24(15)34(31,32)28-20-11-17(12-27-13-20)23-7-6-22(33-23)16-3-5-21-18(10-16)14-29(2)25(21)30/h3-13,28H,14H2,1-2H3. The van der Waals surface area contributed by atoms with E-state index in [1.807, 2.05) is 30.3 Å². The molecule has 1 aliphatic heterocycles. The fourth-order valence-corrected chi connectivity index (χ4v) is 6.27. The van der Waals surface area contributed by atoms with Crippen LogP contribution in [0.4, 0.5) is 10.1 Å². The molecule has 1 amide bonds. The van der Waals surface area contributed by atoms with Gasteiger partial charge in [0.2, 0.25) is 0 Å². The Kier molecular flexibility index (Phi) is 5.45. The van der Waals surface area contributed by atoms with E-state index in [9.17, 15) is 17.6 Å². The van der Waals surface area contributed by atoms with E-state index in [-0.39, 0.29) is 10.8 Å². The normalized spacial score (nSPS) is 13.3. The number of anilines is 1. The van der Waals surface area contributed by atoms with E-state index >= 15 is 0 Å². The summed E-state index contributed by atoms with van der Waals surface area (Å²) in [6.45, 7) is 2.15. The van der Waals surface area contributed by atoms with Crippen molar-refractivity contribution in [3.8, 4) is 20.9 Å². The second-order valence-corrected chi connectivity index (χ2v) is 10.9. The zero-order valence-corrected chi connectivity index (χ0v) is 20.0. The molecule has 172 valence electrons. The van der Waals surface area contributed by atoms with E-state index in [0.717, 1.165) is 38.1 Å². The summed E-state index contributed by atoms with van der Waals surface area (Å²) in [6.07, 6.45) is 3.11. The fourth-order valence-electron chi connectivity index (χ4n) is 4.02. The monoisotopic (exact) mass is 493 g/mol. The lowest BCUT2D eigenvalue weighted by atomic mass is 10.1. The summed E-state index contributed by atoms with van der Waals surface area (Å²) in [7, 11) is -2.11. The highest BCUT2D eigenvalue weighted by Gasteiger charge is 2.24. The second-order valence-electron chi connectivity index (χ2n) is 8.17. The molecule has 0 spiro atoms. The summed E-state index contributed by atoms with van der Waals surface area (Å²) in [5.74, 6) is -0.454. The molecule has 0 aliphatic carbocycles. The van der Waals surface area contributed by atoms with Crippen LogP contribution in [0.25, 0.3) is 20.9 Å². The predicted octanol–water partition coefficient (Wildman–Crippen LogP) is 5.31. The van der Waals surface area contributed by atoms with Gasteiger partial charge in [-0.25, -0.2) is 12.8 Å². The van der Waals surface area contributed by atoms with Gasteiger partial charge in [-0.2, -0.15) is 0 Å². The SMILES string of the molecule is Cc1cc(F)ccc1S(=O)(=O)Nc1cncc(-c2ccc(-c3ccc4c(c3)CN(C)C4=O)s2)c1. The number of halogens is 1. The summed E-state index contributed by atoms with van der Waals surface area (Å²) >= 11 is 1.56. The van der Waals surface area contributed by atoms with Crippen LogP contribution in [0.15, 0.2) is 71.9 Å². The number of fused-ring (bicyclic) bond motifs is 1. The van der Waals surface area contributed by atoms with Crippen LogP contribution in [0.1, 0.15) is 21.5 Å². The molecule has 0 saturated heterocycles. The van der Waals surface area contributed by atoms with Crippen molar-refractivity contribution in [1.82, 2.24) is 9.88 Å². The lowest BCUT2D eigenvalue weighted by Crippen LogP contribution is -2.17. The summed E-state index contributed by atoms with van der Waals surface area (Å²) in [5.41, 5.74) is 4.17. The summed E-state index contributed by atoms with van der Waals surface area (Å²) in [5, 5.41) is 0. The molecule has 4 aromatic rings. The van der Waals surface area contributed by atoms with Crippen molar-refractivity contribution < 1.29 is 17.6 Å². The molecule has 5 rings (SSSR count). The Morgan fingerprint density at radius 2 is 1.76 bits per heavy atom. The summed E-state index contributed by atoms with van der Waals surface area (Å²) in [4.78, 5) is 20.0. The molecule has 2 aromatic heterocycles. The van der Waals surface area contributed by atoms with Crippen molar-refractivity contribution in [2.75, 3.05) is 11.8 Å². The van der Waals surface area contributed by atoms with Crippen molar-refractivity contribution in [2.45, 2.75) is 18.4 Å². The first kappa shape index (κ1) is 22.2. The molecule has 0 atom stereocenters. The number of rotatable bonds is 5.